The third-order valence-electron chi connectivity index (χ3n) is 4.80. The Morgan fingerprint density at radius 3 is 2.06 bits per heavy atom. The van der Waals surface area contributed by atoms with Crippen LogP contribution in [0.1, 0.15) is 35.7 Å². The predicted molar refractivity (Wildman–Crippen MR) is 123 cm³/mol. The van der Waals surface area contributed by atoms with E-state index >= 15 is 0 Å². The molecule has 31 heavy (non-hydrogen) atoms. The maximum Gasteiger partial charge on any atom is 0.261 e. The minimum absolute atomic E-state index is 0.123. The van der Waals surface area contributed by atoms with Gasteiger partial charge >= 0.3 is 0 Å². The van der Waals surface area contributed by atoms with Crippen LogP contribution in [0.3, 0.4) is 0 Å². The molecule has 3 aromatic carbocycles. The second-order valence-electron chi connectivity index (χ2n) is 7.11. The summed E-state index contributed by atoms with van der Waals surface area (Å²) in [5.41, 5.74) is 2.76. The van der Waals surface area contributed by atoms with E-state index in [4.69, 9.17) is 4.74 Å². The van der Waals surface area contributed by atoms with Crippen LogP contribution < -0.4 is 14.8 Å². The molecule has 2 N–H and O–H groups in total. The van der Waals surface area contributed by atoms with Crippen LogP contribution >= 0.6 is 0 Å². The summed E-state index contributed by atoms with van der Waals surface area (Å²) in [6.45, 7) is 2.16. The summed E-state index contributed by atoms with van der Waals surface area (Å²) in [5, 5.41) is 2.86. The zero-order chi connectivity index (χ0) is 22.3. The first-order chi connectivity index (χ1) is 14.9. The monoisotopic (exact) mass is 438 g/mol. The topological polar surface area (TPSA) is 84.5 Å². The predicted octanol–water partition coefficient (Wildman–Crippen LogP) is 5.09. The number of ether oxygens (including phenoxy) is 1. The average molecular weight is 439 g/mol. The highest BCUT2D eigenvalue weighted by molar-refractivity contribution is 7.92. The van der Waals surface area contributed by atoms with Crippen molar-refractivity contribution in [2.24, 2.45) is 0 Å². The van der Waals surface area contributed by atoms with E-state index in [0.29, 0.717) is 17.0 Å². The van der Waals surface area contributed by atoms with Gasteiger partial charge in [-0.3, -0.25) is 9.52 Å². The largest absolute Gasteiger partial charge is 0.497 e. The lowest BCUT2D eigenvalue weighted by Crippen LogP contribution is -2.14. The fourth-order valence-electron chi connectivity index (χ4n) is 3.00. The molecule has 0 fully saturated rings. The number of carbonyl (C=O) groups is 1. The minimum Gasteiger partial charge on any atom is -0.497 e. The molecule has 162 valence electrons. The van der Waals surface area contributed by atoms with E-state index < -0.39 is 10.0 Å². The average Bonchev–Trinajstić information content (AvgIpc) is 2.79. The molecular weight excluding hydrogens is 412 g/mol. The molecule has 7 heteroatoms. The molecule has 0 aliphatic rings. The lowest BCUT2D eigenvalue weighted by atomic mass is 10.1. The van der Waals surface area contributed by atoms with Gasteiger partial charge < -0.3 is 10.1 Å². The van der Waals surface area contributed by atoms with Crippen molar-refractivity contribution in [1.82, 2.24) is 0 Å². The number of hydrogen-bond acceptors (Lipinski definition) is 4. The Morgan fingerprint density at radius 2 is 1.48 bits per heavy atom. The first kappa shape index (κ1) is 22.4. The standard InChI is InChI=1S/C24H26N2O4S/c1-3-4-5-18-6-10-20(11-7-18)25-24(27)19-8-12-21(13-9-19)26-31(28,29)23-16-14-22(30-2)15-17-23/h6-17,26H,3-5H2,1-2H3,(H,25,27). The Kier molecular flexibility index (Phi) is 7.31. The van der Waals surface area contributed by atoms with E-state index in [-0.39, 0.29) is 10.8 Å². The zero-order valence-corrected chi connectivity index (χ0v) is 18.4. The molecule has 6 nitrogen and oxygen atoms in total. The summed E-state index contributed by atoms with van der Waals surface area (Å²) in [4.78, 5) is 12.6. The fraction of sp³-hybridized carbons (Fsp3) is 0.208. The molecule has 0 bridgehead atoms. The molecule has 1 amide bonds. The van der Waals surface area contributed by atoms with Crippen LogP contribution in [0.4, 0.5) is 11.4 Å². The van der Waals surface area contributed by atoms with Gasteiger partial charge in [-0.2, -0.15) is 0 Å². The first-order valence-electron chi connectivity index (χ1n) is 10.1. The lowest BCUT2D eigenvalue weighted by molar-refractivity contribution is 0.102. The molecule has 0 unspecified atom stereocenters. The maximum absolute atomic E-state index is 12.5. The first-order valence-corrected chi connectivity index (χ1v) is 11.6. The Labute approximate surface area is 183 Å². The van der Waals surface area contributed by atoms with Crippen LogP contribution in [0.5, 0.6) is 5.75 Å². The van der Waals surface area contributed by atoms with Crippen LogP contribution in [-0.2, 0) is 16.4 Å². The van der Waals surface area contributed by atoms with E-state index in [1.807, 2.05) is 24.3 Å². The number of nitrogens with one attached hydrogen (secondary N) is 2. The van der Waals surface area contributed by atoms with Gasteiger partial charge in [-0.1, -0.05) is 25.5 Å². The van der Waals surface area contributed by atoms with Crippen molar-refractivity contribution in [3.8, 4) is 5.75 Å². The summed E-state index contributed by atoms with van der Waals surface area (Å²) in [6, 6.07) is 20.2. The molecule has 0 atom stereocenters. The van der Waals surface area contributed by atoms with E-state index in [1.54, 1.807) is 36.4 Å². The van der Waals surface area contributed by atoms with Crippen molar-refractivity contribution in [2.45, 2.75) is 31.1 Å². The number of benzene rings is 3. The second kappa shape index (κ2) is 10.1. The Morgan fingerprint density at radius 1 is 0.871 bits per heavy atom. The van der Waals surface area contributed by atoms with Crippen LogP contribution in [0.2, 0.25) is 0 Å². The van der Waals surface area contributed by atoms with Crippen LogP contribution in [-0.4, -0.2) is 21.4 Å². The van der Waals surface area contributed by atoms with Crippen molar-refractivity contribution in [1.29, 1.82) is 0 Å². The molecular formula is C24H26N2O4S. The number of anilines is 2. The molecule has 0 aromatic heterocycles. The molecule has 3 rings (SSSR count). The van der Waals surface area contributed by atoms with Crippen molar-refractivity contribution in [3.63, 3.8) is 0 Å². The molecule has 0 radical (unpaired) electrons. The number of amides is 1. The van der Waals surface area contributed by atoms with Gasteiger partial charge in [0.2, 0.25) is 0 Å². The fourth-order valence-corrected chi connectivity index (χ4v) is 4.06. The number of aryl methyl sites for hydroxylation is 1. The highest BCUT2D eigenvalue weighted by atomic mass is 32.2. The quantitative estimate of drug-likeness (QED) is 0.487. The summed E-state index contributed by atoms with van der Waals surface area (Å²) in [7, 11) is -2.22. The zero-order valence-electron chi connectivity index (χ0n) is 17.6. The number of sulfonamides is 1. The van der Waals surface area contributed by atoms with E-state index in [0.717, 1.165) is 24.9 Å². The van der Waals surface area contributed by atoms with Gasteiger partial charge in [-0.15, -0.1) is 0 Å². The minimum atomic E-state index is -3.74. The lowest BCUT2D eigenvalue weighted by Gasteiger charge is -2.10. The maximum atomic E-state index is 12.5. The third-order valence-corrected chi connectivity index (χ3v) is 6.20. The Bertz CT molecular complexity index is 1110. The summed E-state index contributed by atoms with van der Waals surface area (Å²) < 4.78 is 32.6. The SMILES string of the molecule is CCCCc1ccc(NC(=O)c2ccc(NS(=O)(=O)c3ccc(OC)cc3)cc2)cc1. The van der Waals surface area contributed by atoms with E-state index in [2.05, 4.69) is 17.0 Å². The van der Waals surface area contributed by atoms with Crippen molar-refractivity contribution < 1.29 is 17.9 Å². The van der Waals surface area contributed by atoms with E-state index in [1.165, 1.54) is 24.8 Å². The smallest absolute Gasteiger partial charge is 0.261 e. The van der Waals surface area contributed by atoms with Gasteiger partial charge in [0.05, 0.1) is 12.0 Å². The van der Waals surface area contributed by atoms with Crippen molar-refractivity contribution >= 4 is 27.3 Å². The molecule has 0 aliphatic heterocycles. The van der Waals surface area contributed by atoms with Crippen LogP contribution in [0.15, 0.2) is 77.7 Å². The molecule has 3 aromatic rings. The van der Waals surface area contributed by atoms with Crippen LogP contribution in [0.25, 0.3) is 0 Å². The Balaban J connectivity index is 1.63. The number of rotatable bonds is 9. The highest BCUT2D eigenvalue weighted by Crippen LogP contribution is 2.20. The molecule has 0 aliphatic carbocycles. The second-order valence-corrected chi connectivity index (χ2v) is 8.80. The normalized spacial score (nSPS) is 11.0. The number of carbonyl (C=O) groups excluding carboxylic acids is 1. The van der Waals surface area contributed by atoms with Gasteiger partial charge in [-0.05, 0) is 79.1 Å². The molecule has 0 spiro atoms. The molecule has 0 saturated carbocycles. The van der Waals surface area contributed by atoms with Crippen molar-refractivity contribution in [3.05, 3.63) is 83.9 Å². The van der Waals surface area contributed by atoms with E-state index in [9.17, 15) is 13.2 Å². The number of unbranched alkanes of at least 4 members (excludes halogenated alkanes) is 1. The van der Waals surface area contributed by atoms with Crippen molar-refractivity contribution in [2.75, 3.05) is 17.1 Å². The summed E-state index contributed by atoms with van der Waals surface area (Å²) in [5.74, 6) is 0.316. The van der Waals surface area contributed by atoms with Gasteiger partial charge in [0, 0.05) is 16.9 Å². The van der Waals surface area contributed by atoms with Gasteiger partial charge in [0.15, 0.2) is 0 Å². The summed E-state index contributed by atoms with van der Waals surface area (Å²) in [6.07, 6.45) is 3.31. The van der Waals surface area contributed by atoms with Gasteiger partial charge in [0.25, 0.3) is 15.9 Å². The molecule has 0 saturated heterocycles. The van der Waals surface area contributed by atoms with Gasteiger partial charge in [0.1, 0.15) is 5.75 Å². The van der Waals surface area contributed by atoms with Gasteiger partial charge in [-0.25, -0.2) is 8.42 Å². The molecule has 0 heterocycles. The number of methoxy groups -OCH3 is 1. The third kappa shape index (κ3) is 6.08. The number of hydrogen-bond donors (Lipinski definition) is 2. The Hall–Kier alpha value is -3.32. The van der Waals surface area contributed by atoms with Crippen LogP contribution in [0, 0.1) is 0 Å². The summed E-state index contributed by atoms with van der Waals surface area (Å²) >= 11 is 0. The highest BCUT2D eigenvalue weighted by Gasteiger charge is 2.15.